The molecule has 0 saturated heterocycles. The van der Waals surface area contributed by atoms with Crippen molar-refractivity contribution in [3.05, 3.63) is 35.1 Å². The molecule has 0 saturated carbocycles. The van der Waals surface area contributed by atoms with Gasteiger partial charge in [-0.2, -0.15) is 0 Å². The highest BCUT2D eigenvalue weighted by atomic mass is 79.9. The zero-order valence-electron chi connectivity index (χ0n) is 9.50. The minimum atomic E-state index is -1.09. The topological polar surface area (TPSA) is 43.4 Å². The average Bonchev–Trinajstić information content (AvgIpc) is 2.31. The number of carbonyl (C=O) groups is 2. The largest absolute Gasteiger partial charge is 0.465 e. The molecule has 5 heteroatoms. The summed E-state index contributed by atoms with van der Waals surface area (Å²) < 4.78 is 18.0. The van der Waals surface area contributed by atoms with Crippen LogP contribution < -0.4 is 0 Å². The minimum absolute atomic E-state index is 0.180. The first-order valence-electron chi connectivity index (χ1n) is 5.09. The van der Waals surface area contributed by atoms with Crippen molar-refractivity contribution in [3.63, 3.8) is 0 Å². The van der Waals surface area contributed by atoms with Gasteiger partial charge in [-0.15, -0.1) is 0 Å². The van der Waals surface area contributed by atoms with Gasteiger partial charge in [0.15, 0.2) is 10.6 Å². The standard InChI is InChI=1S/C12H12BrFO3/c1-3-17-12(16)10(13)11(15)8-5-4-6-9(14)7(8)2/h4-6,10H,3H2,1-2H3. The second-order valence-corrected chi connectivity index (χ2v) is 4.31. The van der Waals surface area contributed by atoms with Gasteiger partial charge < -0.3 is 4.74 Å². The average molecular weight is 303 g/mol. The molecule has 0 amide bonds. The number of Topliss-reactive ketones (excluding diaryl/α,β-unsaturated/α-hetero) is 1. The number of alkyl halides is 1. The summed E-state index contributed by atoms with van der Waals surface area (Å²) >= 11 is 2.96. The predicted molar refractivity (Wildman–Crippen MR) is 64.8 cm³/mol. The predicted octanol–water partition coefficient (Wildman–Crippen LogP) is 2.64. The monoisotopic (exact) mass is 302 g/mol. The van der Waals surface area contributed by atoms with Gasteiger partial charge in [-0.1, -0.05) is 28.1 Å². The third-order valence-corrected chi connectivity index (χ3v) is 3.05. The smallest absolute Gasteiger partial charge is 0.327 e. The highest BCUT2D eigenvalue weighted by molar-refractivity contribution is 9.10. The summed E-state index contributed by atoms with van der Waals surface area (Å²) in [5, 5.41) is 0. The number of ether oxygens (including phenoxy) is 1. The van der Waals surface area contributed by atoms with Gasteiger partial charge in [-0.05, 0) is 25.5 Å². The molecule has 0 aromatic heterocycles. The van der Waals surface area contributed by atoms with Gasteiger partial charge in [0, 0.05) is 5.56 Å². The fraction of sp³-hybridized carbons (Fsp3) is 0.333. The van der Waals surface area contributed by atoms with Gasteiger partial charge in [0.1, 0.15) is 5.82 Å². The van der Waals surface area contributed by atoms with Crippen LogP contribution in [-0.4, -0.2) is 23.2 Å². The van der Waals surface area contributed by atoms with Crippen molar-refractivity contribution in [3.8, 4) is 0 Å². The van der Waals surface area contributed by atoms with Crippen LogP contribution in [0.25, 0.3) is 0 Å². The van der Waals surface area contributed by atoms with Crippen molar-refractivity contribution in [1.29, 1.82) is 0 Å². The third-order valence-electron chi connectivity index (χ3n) is 2.26. The lowest BCUT2D eigenvalue weighted by Crippen LogP contribution is -2.27. The third kappa shape index (κ3) is 3.12. The molecular weight excluding hydrogens is 291 g/mol. The number of hydrogen-bond acceptors (Lipinski definition) is 3. The zero-order valence-corrected chi connectivity index (χ0v) is 11.1. The number of esters is 1. The van der Waals surface area contributed by atoms with E-state index in [9.17, 15) is 14.0 Å². The Hall–Kier alpha value is -1.23. The molecule has 17 heavy (non-hydrogen) atoms. The van der Waals surface area contributed by atoms with E-state index in [1.165, 1.54) is 25.1 Å². The molecule has 0 bridgehead atoms. The maximum absolute atomic E-state index is 13.3. The number of hydrogen-bond donors (Lipinski definition) is 0. The van der Waals surface area contributed by atoms with Crippen molar-refractivity contribution in [1.82, 2.24) is 0 Å². The molecule has 1 atom stereocenters. The Morgan fingerprint density at radius 1 is 1.47 bits per heavy atom. The summed E-state index contributed by atoms with van der Waals surface area (Å²) in [7, 11) is 0. The fourth-order valence-electron chi connectivity index (χ4n) is 1.33. The highest BCUT2D eigenvalue weighted by Crippen LogP contribution is 2.18. The summed E-state index contributed by atoms with van der Waals surface area (Å²) in [6.45, 7) is 3.33. The van der Waals surface area contributed by atoms with Gasteiger partial charge in [-0.3, -0.25) is 9.59 Å². The van der Waals surface area contributed by atoms with E-state index in [0.717, 1.165) is 0 Å². The first-order valence-corrected chi connectivity index (χ1v) is 6.00. The van der Waals surface area contributed by atoms with E-state index in [1.54, 1.807) is 6.92 Å². The Labute approximate surface area is 107 Å². The van der Waals surface area contributed by atoms with E-state index in [1.807, 2.05) is 0 Å². The maximum Gasteiger partial charge on any atom is 0.327 e. The first-order chi connectivity index (χ1) is 7.99. The molecule has 0 fully saturated rings. The molecular formula is C12H12BrFO3. The van der Waals surface area contributed by atoms with Crippen molar-refractivity contribution < 1.29 is 18.7 Å². The Kier molecular flexibility index (Phi) is 4.81. The molecule has 1 unspecified atom stereocenters. The van der Waals surface area contributed by atoms with Crippen LogP contribution in [0, 0.1) is 12.7 Å². The maximum atomic E-state index is 13.3. The molecule has 0 aliphatic heterocycles. The summed E-state index contributed by atoms with van der Waals surface area (Å²) in [6, 6.07) is 4.17. The normalized spacial score (nSPS) is 12.0. The highest BCUT2D eigenvalue weighted by Gasteiger charge is 2.27. The van der Waals surface area contributed by atoms with E-state index in [2.05, 4.69) is 15.9 Å². The molecule has 92 valence electrons. The summed E-state index contributed by atoms with van der Waals surface area (Å²) in [6.07, 6.45) is 0. The van der Waals surface area contributed by atoms with Gasteiger partial charge in [0.2, 0.25) is 0 Å². The molecule has 0 radical (unpaired) electrons. The van der Waals surface area contributed by atoms with Gasteiger partial charge >= 0.3 is 5.97 Å². The second kappa shape index (κ2) is 5.91. The van der Waals surface area contributed by atoms with Crippen LogP contribution in [0.15, 0.2) is 18.2 Å². The quantitative estimate of drug-likeness (QED) is 0.372. The molecule has 0 spiro atoms. The first kappa shape index (κ1) is 13.8. The minimum Gasteiger partial charge on any atom is -0.465 e. The van der Waals surface area contributed by atoms with Crippen molar-refractivity contribution in [2.24, 2.45) is 0 Å². The summed E-state index contributed by atoms with van der Waals surface area (Å²) in [4.78, 5) is 22.2. The Morgan fingerprint density at radius 3 is 2.71 bits per heavy atom. The Balaban J connectivity index is 2.97. The lowest BCUT2D eigenvalue weighted by Gasteiger charge is -2.10. The van der Waals surface area contributed by atoms with Crippen LogP contribution in [0.1, 0.15) is 22.8 Å². The zero-order chi connectivity index (χ0) is 13.0. The van der Waals surface area contributed by atoms with Crippen molar-refractivity contribution >= 4 is 27.7 Å². The van der Waals surface area contributed by atoms with E-state index in [0.29, 0.717) is 0 Å². The lowest BCUT2D eigenvalue weighted by atomic mass is 10.0. The molecule has 0 heterocycles. The van der Waals surface area contributed by atoms with E-state index >= 15 is 0 Å². The Bertz CT molecular complexity index is 445. The number of rotatable bonds is 4. The molecule has 0 aliphatic carbocycles. The van der Waals surface area contributed by atoms with E-state index < -0.39 is 22.4 Å². The lowest BCUT2D eigenvalue weighted by molar-refractivity contribution is -0.141. The van der Waals surface area contributed by atoms with Crippen molar-refractivity contribution in [2.75, 3.05) is 6.61 Å². The van der Waals surface area contributed by atoms with Crippen LogP contribution in [0.2, 0.25) is 0 Å². The SMILES string of the molecule is CCOC(=O)C(Br)C(=O)c1cccc(F)c1C. The van der Waals surface area contributed by atoms with Crippen LogP contribution in [0.4, 0.5) is 4.39 Å². The molecule has 1 aromatic rings. The second-order valence-electron chi connectivity index (χ2n) is 3.39. The Morgan fingerprint density at radius 2 is 2.12 bits per heavy atom. The number of ketones is 1. The molecule has 1 aromatic carbocycles. The van der Waals surface area contributed by atoms with Crippen LogP contribution >= 0.6 is 15.9 Å². The van der Waals surface area contributed by atoms with Gasteiger partial charge in [0.25, 0.3) is 0 Å². The molecule has 0 aliphatic rings. The van der Waals surface area contributed by atoms with Crippen LogP contribution in [0.5, 0.6) is 0 Å². The molecule has 1 rings (SSSR count). The number of benzene rings is 1. The number of carbonyl (C=O) groups excluding carboxylic acids is 2. The van der Waals surface area contributed by atoms with Gasteiger partial charge in [-0.25, -0.2) is 4.39 Å². The van der Waals surface area contributed by atoms with E-state index in [4.69, 9.17) is 4.74 Å². The van der Waals surface area contributed by atoms with Crippen molar-refractivity contribution in [2.45, 2.75) is 18.7 Å². The van der Waals surface area contributed by atoms with Gasteiger partial charge in [0.05, 0.1) is 6.61 Å². The summed E-state index contributed by atoms with van der Waals surface area (Å²) in [5.41, 5.74) is 0.408. The van der Waals surface area contributed by atoms with E-state index in [-0.39, 0.29) is 17.7 Å². The van der Waals surface area contributed by atoms with Crippen LogP contribution in [-0.2, 0) is 9.53 Å². The molecule has 3 nitrogen and oxygen atoms in total. The van der Waals surface area contributed by atoms with Crippen LogP contribution in [0.3, 0.4) is 0 Å². The fourth-order valence-corrected chi connectivity index (χ4v) is 1.71. The number of halogens is 2. The molecule has 0 N–H and O–H groups in total. The summed E-state index contributed by atoms with van der Waals surface area (Å²) in [5.74, 6) is -1.64.